The molecule has 1 aliphatic rings. The molecule has 0 spiro atoms. The maximum absolute atomic E-state index is 12.9. The lowest BCUT2D eigenvalue weighted by atomic mass is 9.95. The number of nitrogens with one attached hydrogen (secondary N) is 2. The van der Waals surface area contributed by atoms with Gasteiger partial charge < -0.3 is 25.8 Å². The highest BCUT2D eigenvalue weighted by Gasteiger charge is 2.32. The van der Waals surface area contributed by atoms with E-state index in [9.17, 15) is 9.59 Å². The van der Waals surface area contributed by atoms with Crippen molar-refractivity contribution in [3.63, 3.8) is 0 Å². The van der Waals surface area contributed by atoms with E-state index in [4.69, 9.17) is 15.2 Å². The van der Waals surface area contributed by atoms with Crippen molar-refractivity contribution in [2.75, 3.05) is 26.1 Å². The number of benzene rings is 1. The van der Waals surface area contributed by atoms with Gasteiger partial charge in [-0.2, -0.15) is 0 Å². The van der Waals surface area contributed by atoms with Gasteiger partial charge in [-0.05, 0) is 24.8 Å². The van der Waals surface area contributed by atoms with Crippen LogP contribution in [0.3, 0.4) is 0 Å². The number of hydrogen-bond donors (Lipinski definition) is 3. The minimum atomic E-state index is -0.602. The standard InChI is InChI=1S/C19H29N3O4.ClH/c1-19(2,3)18(24)22-13-9-16(26-5)15(25-4)8-12(13)17(23)21-14(10-20)11-6-7-11;/h8-9,11,14H,6-7,10,20H2,1-5H3,(H,21,23)(H,22,24);1H. The van der Waals surface area contributed by atoms with Gasteiger partial charge in [-0.3, -0.25) is 9.59 Å². The summed E-state index contributed by atoms with van der Waals surface area (Å²) in [5.41, 5.74) is 5.89. The van der Waals surface area contributed by atoms with Gasteiger partial charge in [0.1, 0.15) is 0 Å². The second kappa shape index (κ2) is 9.28. The summed E-state index contributed by atoms with van der Waals surface area (Å²) in [6.45, 7) is 5.80. The number of halogens is 1. The Hall–Kier alpha value is -1.99. The number of nitrogens with two attached hydrogens (primary N) is 1. The first-order chi connectivity index (χ1) is 12.2. The fourth-order valence-electron chi connectivity index (χ4n) is 2.59. The molecule has 1 aromatic rings. The molecule has 27 heavy (non-hydrogen) atoms. The minimum Gasteiger partial charge on any atom is -0.493 e. The van der Waals surface area contributed by atoms with Crippen molar-refractivity contribution in [2.45, 2.75) is 39.7 Å². The summed E-state index contributed by atoms with van der Waals surface area (Å²) in [5, 5.41) is 5.80. The van der Waals surface area contributed by atoms with E-state index < -0.39 is 5.41 Å². The van der Waals surface area contributed by atoms with Gasteiger partial charge in [0.2, 0.25) is 5.91 Å². The van der Waals surface area contributed by atoms with E-state index in [1.54, 1.807) is 32.9 Å². The van der Waals surface area contributed by atoms with Gasteiger partial charge in [-0.1, -0.05) is 20.8 Å². The second-order valence-corrected chi connectivity index (χ2v) is 7.61. The quantitative estimate of drug-likeness (QED) is 0.653. The van der Waals surface area contributed by atoms with Crippen LogP contribution in [0.1, 0.15) is 44.0 Å². The molecule has 1 unspecified atom stereocenters. The fourth-order valence-corrected chi connectivity index (χ4v) is 2.59. The van der Waals surface area contributed by atoms with E-state index in [1.165, 1.54) is 14.2 Å². The van der Waals surface area contributed by atoms with Crippen molar-refractivity contribution in [3.8, 4) is 11.5 Å². The monoisotopic (exact) mass is 399 g/mol. The number of hydrogen-bond acceptors (Lipinski definition) is 5. The van der Waals surface area contributed by atoms with E-state index in [1.807, 2.05) is 0 Å². The van der Waals surface area contributed by atoms with Crippen LogP contribution in [-0.2, 0) is 4.79 Å². The number of rotatable bonds is 7. The van der Waals surface area contributed by atoms with E-state index in [0.29, 0.717) is 35.2 Å². The van der Waals surface area contributed by atoms with Crippen LogP contribution in [0, 0.1) is 11.3 Å². The number of carbonyl (C=O) groups excluding carboxylic acids is 2. The highest BCUT2D eigenvalue weighted by Crippen LogP contribution is 2.35. The average molecular weight is 400 g/mol. The smallest absolute Gasteiger partial charge is 0.253 e. The van der Waals surface area contributed by atoms with E-state index in [0.717, 1.165) is 12.8 Å². The molecule has 0 heterocycles. The van der Waals surface area contributed by atoms with Gasteiger partial charge in [-0.25, -0.2) is 0 Å². The van der Waals surface area contributed by atoms with Crippen LogP contribution in [-0.4, -0.2) is 38.6 Å². The number of methoxy groups -OCH3 is 2. The van der Waals surface area contributed by atoms with Gasteiger partial charge in [0.15, 0.2) is 11.5 Å². The van der Waals surface area contributed by atoms with E-state index in [-0.39, 0.29) is 30.3 Å². The molecule has 1 saturated carbocycles. The molecule has 1 fully saturated rings. The largest absolute Gasteiger partial charge is 0.493 e. The third kappa shape index (κ3) is 5.74. The summed E-state index contributed by atoms with van der Waals surface area (Å²) in [7, 11) is 3.00. The van der Waals surface area contributed by atoms with Gasteiger partial charge >= 0.3 is 0 Å². The van der Waals surface area contributed by atoms with Crippen molar-refractivity contribution in [2.24, 2.45) is 17.1 Å². The maximum atomic E-state index is 12.9. The first-order valence-corrected chi connectivity index (χ1v) is 8.79. The maximum Gasteiger partial charge on any atom is 0.253 e. The number of anilines is 1. The van der Waals surface area contributed by atoms with E-state index >= 15 is 0 Å². The molecule has 4 N–H and O–H groups in total. The summed E-state index contributed by atoms with van der Waals surface area (Å²) < 4.78 is 10.6. The van der Waals surface area contributed by atoms with Crippen LogP contribution in [0.2, 0.25) is 0 Å². The van der Waals surface area contributed by atoms with Crippen LogP contribution >= 0.6 is 12.4 Å². The zero-order valence-corrected chi connectivity index (χ0v) is 17.4. The molecule has 152 valence electrons. The zero-order valence-electron chi connectivity index (χ0n) is 16.5. The van der Waals surface area contributed by atoms with Crippen LogP contribution in [0.5, 0.6) is 11.5 Å². The van der Waals surface area contributed by atoms with Crippen molar-refractivity contribution in [1.29, 1.82) is 0 Å². The third-order valence-electron chi connectivity index (χ3n) is 4.46. The Labute approximate surface area is 166 Å². The molecule has 0 radical (unpaired) electrons. The lowest BCUT2D eigenvalue weighted by Gasteiger charge is -2.22. The van der Waals surface area contributed by atoms with Crippen LogP contribution in [0.15, 0.2) is 12.1 Å². The molecule has 0 aliphatic heterocycles. The summed E-state index contributed by atoms with van der Waals surface area (Å²) in [6, 6.07) is 3.11. The minimum absolute atomic E-state index is 0. The average Bonchev–Trinajstić information content (AvgIpc) is 3.42. The molecule has 1 atom stereocenters. The SMILES string of the molecule is COc1cc(NC(=O)C(C)(C)C)c(C(=O)NC(CN)C2CC2)cc1OC.Cl. The first-order valence-electron chi connectivity index (χ1n) is 8.79. The Balaban J connectivity index is 0.00000364. The molecule has 1 aromatic carbocycles. The van der Waals surface area contributed by atoms with Crippen molar-refractivity contribution in [3.05, 3.63) is 17.7 Å². The predicted octanol–water partition coefficient (Wildman–Crippen LogP) is 2.58. The summed E-state index contributed by atoms with van der Waals surface area (Å²) in [5.74, 6) is 0.790. The molecule has 2 rings (SSSR count). The Morgan fingerprint density at radius 3 is 2.19 bits per heavy atom. The Morgan fingerprint density at radius 2 is 1.74 bits per heavy atom. The third-order valence-corrected chi connectivity index (χ3v) is 4.46. The molecule has 1 aliphatic carbocycles. The van der Waals surface area contributed by atoms with Gasteiger partial charge in [0.25, 0.3) is 5.91 Å². The number of ether oxygens (including phenoxy) is 2. The van der Waals surface area contributed by atoms with Crippen LogP contribution in [0.25, 0.3) is 0 Å². The molecule has 2 amide bonds. The Morgan fingerprint density at radius 1 is 1.19 bits per heavy atom. The summed E-state index contributed by atoms with van der Waals surface area (Å²) in [4.78, 5) is 25.3. The Kier molecular flexibility index (Phi) is 7.92. The zero-order chi connectivity index (χ0) is 19.5. The van der Waals surface area contributed by atoms with Gasteiger partial charge in [-0.15, -0.1) is 12.4 Å². The predicted molar refractivity (Wildman–Crippen MR) is 108 cm³/mol. The van der Waals surface area contributed by atoms with Crippen molar-refractivity contribution in [1.82, 2.24) is 5.32 Å². The van der Waals surface area contributed by atoms with Crippen molar-refractivity contribution >= 4 is 29.9 Å². The van der Waals surface area contributed by atoms with Crippen LogP contribution < -0.4 is 25.8 Å². The molecule has 7 nitrogen and oxygen atoms in total. The number of carbonyl (C=O) groups is 2. The molecule has 0 bridgehead atoms. The topological polar surface area (TPSA) is 103 Å². The number of amides is 2. The summed E-state index contributed by atoms with van der Waals surface area (Å²) in [6.07, 6.45) is 2.14. The van der Waals surface area contributed by atoms with E-state index in [2.05, 4.69) is 10.6 Å². The molecular weight excluding hydrogens is 370 g/mol. The highest BCUT2D eigenvalue weighted by atomic mass is 35.5. The Bertz CT molecular complexity index is 684. The summed E-state index contributed by atoms with van der Waals surface area (Å²) >= 11 is 0. The molecule has 0 saturated heterocycles. The lowest BCUT2D eigenvalue weighted by molar-refractivity contribution is -0.123. The molecule has 8 heteroatoms. The highest BCUT2D eigenvalue weighted by molar-refractivity contribution is 6.05. The van der Waals surface area contributed by atoms with Gasteiger partial charge in [0.05, 0.1) is 25.5 Å². The first kappa shape index (κ1) is 23.0. The normalized spacial score (nSPS) is 14.6. The lowest BCUT2D eigenvalue weighted by Crippen LogP contribution is -2.42. The van der Waals surface area contributed by atoms with Crippen molar-refractivity contribution < 1.29 is 19.1 Å². The second-order valence-electron chi connectivity index (χ2n) is 7.61. The van der Waals surface area contributed by atoms with Crippen LogP contribution in [0.4, 0.5) is 5.69 Å². The molecule has 0 aromatic heterocycles. The molecular formula is C19H30ClN3O4. The fraction of sp³-hybridized carbons (Fsp3) is 0.579. The van der Waals surface area contributed by atoms with Gasteiger partial charge in [0, 0.05) is 24.1 Å².